The van der Waals surface area contributed by atoms with E-state index in [0.29, 0.717) is 17.5 Å². The summed E-state index contributed by atoms with van der Waals surface area (Å²) < 4.78 is 1.26. The van der Waals surface area contributed by atoms with Crippen LogP contribution in [0.2, 0.25) is 0 Å². The molecule has 0 spiro atoms. The number of hydrogen-bond donors (Lipinski definition) is 0. The summed E-state index contributed by atoms with van der Waals surface area (Å²) in [4.78, 5) is 21.2. The summed E-state index contributed by atoms with van der Waals surface area (Å²) in [6.45, 7) is 4.66. The highest BCUT2D eigenvalue weighted by Crippen LogP contribution is 2.56. The summed E-state index contributed by atoms with van der Waals surface area (Å²) in [6, 6.07) is 46.3. The molecule has 5 aromatic carbocycles. The third kappa shape index (κ3) is 4.12. The summed E-state index contributed by atoms with van der Waals surface area (Å²) >= 11 is 1.77. The molecule has 0 fully saturated rings. The van der Waals surface area contributed by atoms with E-state index in [-0.39, 0.29) is 5.41 Å². The summed E-state index contributed by atoms with van der Waals surface area (Å²) in [5.41, 5.74) is 10.0. The quantitative estimate of drug-likeness (QED) is 0.199. The van der Waals surface area contributed by atoms with Crippen LogP contribution in [0.5, 0.6) is 0 Å². The Morgan fingerprint density at radius 2 is 1.02 bits per heavy atom. The molecule has 1 aliphatic rings. The van der Waals surface area contributed by atoms with Gasteiger partial charge in [-0.05, 0) is 28.3 Å². The van der Waals surface area contributed by atoms with Crippen molar-refractivity contribution < 1.29 is 0 Å². The Morgan fingerprint density at radius 3 is 1.67 bits per heavy atom. The van der Waals surface area contributed by atoms with Gasteiger partial charge in [0.2, 0.25) is 0 Å². The van der Waals surface area contributed by atoms with Gasteiger partial charge in [0.25, 0.3) is 0 Å². The molecule has 8 aromatic rings. The second-order valence-electron chi connectivity index (χ2n) is 12.3. The van der Waals surface area contributed by atoms with Crippen molar-refractivity contribution in [1.82, 2.24) is 19.9 Å². The van der Waals surface area contributed by atoms with Crippen molar-refractivity contribution in [3.63, 3.8) is 0 Å². The number of aromatic nitrogens is 4. The number of rotatable bonds is 4. The minimum absolute atomic E-state index is 0.201. The van der Waals surface area contributed by atoms with Crippen LogP contribution in [0.25, 0.3) is 76.9 Å². The number of benzene rings is 5. The van der Waals surface area contributed by atoms with Crippen molar-refractivity contribution in [2.45, 2.75) is 19.3 Å². The van der Waals surface area contributed by atoms with Crippen LogP contribution in [0.15, 0.2) is 133 Å². The van der Waals surface area contributed by atoms with Crippen molar-refractivity contribution in [2.75, 3.05) is 0 Å². The smallest absolute Gasteiger partial charge is 0.164 e. The second kappa shape index (κ2) is 10.3. The number of thiophene rings is 1. The van der Waals surface area contributed by atoms with Gasteiger partial charge in [0.1, 0.15) is 4.83 Å². The van der Waals surface area contributed by atoms with Gasteiger partial charge in [-0.2, -0.15) is 0 Å². The molecule has 218 valence electrons. The summed E-state index contributed by atoms with van der Waals surface area (Å²) in [6.07, 6.45) is 0. The normalized spacial score (nSPS) is 13.2. The van der Waals surface area contributed by atoms with Crippen LogP contribution in [0.3, 0.4) is 0 Å². The topological polar surface area (TPSA) is 51.6 Å². The Kier molecular flexibility index (Phi) is 5.99. The molecule has 0 atom stereocenters. The van der Waals surface area contributed by atoms with Crippen molar-refractivity contribution in [3.05, 3.63) is 145 Å². The third-order valence-electron chi connectivity index (χ3n) is 9.14. The zero-order valence-electron chi connectivity index (χ0n) is 25.4. The summed E-state index contributed by atoms with van der Waals surface area (Å²) in [5, 5.41) is 2.54. The fourth-order valence-corrected chi connectivity index (χ4v) is 8.02. The maximum absolute atomic E-state index is 5.42. The highest BCUT2D eigenvalue weighted by molar-refractivity contribution is 7.25. The SMILES string of the molecule is CC1(C)c2ccccc2-c2c1c(-c1ccc(-c3nc(-c4ccccc4)nc(-c4ccccc4)n3)cc1)nc1sc3ccccc3c21. The monoisotopic (exact) mass is 608 g/mol. The predicted octanol–water partition coefficient (Wildman–Crippen LogP) is 10.6. The molecule has 4 nitrogen and oxygen atoms in total. The average Bonchev–Trinajstić information content (AvgIpc) is 3.60. The summed E-state index contributed by atoms with van der Waals surface area (Å²) in [7, 11) is 0. The molecule has 0 unspecified atom stereocenters. The van der Waals surface area contributed by atoms with Crippen molar-refractivity contribution in [2.24, 2.45) is 0 Å². The molecule has 0 N–H and O–H groups in total. The van der Waals surface area contributed by atoms with Crippen LogP contribution in [-0.4, -0.2) is 19.9 Å². The first-order valence-corrected chi connectivity index (χ1v) is 16.3. The molecule has 0 saturated heterocycles. The standard InChI is InChI=1S/C41H28N4S/c1-41(2)31-19-11-9-17-29(31)33-34-30-18-10-12-20-32(30)46-40(34)42-36(35(33)41)25-21-23-28(24-22-25)39-44-37(26-13-5-3-6-14-26)43-38(45-39)27-15-7-4-8-16-27/h3-24H,1-2H3. The third-order valence-corrected chi connectivity index (χ3v) is 10.2. The van der Waals surface area contributed by atoms with Crippen LogP contribution >= 0.6 is 11.3 Å². The molecule has 46 heavy (non-hydrogen) atoms. The van der Waals surface area contributed by atoms with E-state index in [1.165, 1.54) is 37.7 Å². The van der Waals surface area contributed by atoms with Gasteiger partial charge in [-0.1, -0.05) is 141 Å². The van der Waals surface area contributed by atoms with E-state index in [1.54, 1.807) is 11.3 Å². The molecule has 0 amide bonds. The first kappa shape index (κ1) is 26.8. The molecular weight excluding hydrogens is 581 g/mol. The van der Waals surface area contributed by atoms with E-state index in [9.17, 15) is 0 Å². The molecule has 0 aliphatic heterocycles. The van der Waals surface area contributed by atoms with Gasteiger partial charge in [0, 0.05) is 43.1 Å². The molecule has 0 bridgehead atoms. The van der Waals surface area contributed by atoms with Crippen LogP contribution < -0.4 is 0 Å². The fourth-order valence-electron chi connectivity index (χ4n) is 6.94. The largest absolute Gasteiger partial charge is 0.237 e. The van der Waals surface area contributed by atoms with Crippen molar-refractivity contribution in [3.8, 4) is 56.5 Å². The van der Waals surface area contributed by atoms with Crippen molar-refractivity contribution in [1.29, 1.82) is 0 Å². The molecule has 3 aromatic heterocycles. The molecule has 9 rings (SSSR count). The minimum atomic E-state index is -0.201. The van der Waals surface area contributed by atoms with Gasteiger partial charge >= 0.3 is 0 Å². The second-order valence-corrected chi connectivity index (χ2v) is 13.3. The van der Waals surface area contributed by atoms with Gasteiger partial charge < -0.3 is 0 Å². The Balaban J connectivity index is 1.23. The van der Waals surface area contributed by atoms with Gasteiger partial charge in [-0.3, -0.25) is 0 Å². The van der Waals surface area contributed by atoms with E-state index in [4.69, 9.17) is 19.9 Å². The van der Waals surface area contributed by atoms with E-state index >= 15 is 0 Å². The van der Waals surface area contributed by atoms with Gasteiger partial charge in [-0.25, -0.2) is 19.9 Å². The maximum atomic E-state index is 5.42. The number of pyridine rings is 1. The lowest BCUT2D eigenvalue weighted by atomic mass is 9.80. The minimum Gasteiger partial charge on any atom is -0.237 e. The Labute approximate surface area is 271 Å². The molecule has 3 heterocycles. The number of hydrogen-bond acceptors (Lipinski definition) is 5. The summed E-state index contributed by atoms with van der Waals surface area (Å²) in [5.74, 6) is 1.95. The number of nitrogens with zero attached hydrogens (tertiary/aromatic N) is 4. The lowest BCUT2D eigenvalue weighted by molar-refractivity contribution is 0.660. The first-order valence-electron chi connectivity index (χ1n) is 15.5. The van der Waals surface area contributed by atoms with Crippen LogP contribution in [0.4, 0.5) is 0 Å². The van der Waals surface area contributed by atoms with Crippen LogP contribution in [-0.2, 0) is 5.41 Å². The molecule has 1 aliphatic carbocycles. The molecular formula is C41H28N4S. The van der Waals surface area contributed by atoms with E-state index in [0.717, 1.165) is 32.8 Å². The van der Waals surface area contributed by atoms with E-state index in [1.807, 2.05) is 60.7 Å². The van der Waals surface area contributed by atoms with Crippen molar-refractivity contribution >= 4 is 31.6 Å². The average molecular weight is 609 g/mol. The fraction of sp³-hybridized carbons (Fsp3) is 0.0732. The number of fused-ring (bicyclic) bond motifs is 7. The van der Waals surface area contributed by atoms with Gasteiger partial charge in [0.15, 0.2) is 17.5 Å². The first-order chi connectivity index (χ1) is 22.6. The Bertz CT molecular complexity index is 2370. The Hall–Kier alpha value is -5.52. The van der Waals surface area contributed by atoms with Gasteiger partial charge in [0.05, 0.1) is 5.69 Å². The van der Waals surface area contributed by atoms with E-state index in [2.05, 4.69) is 86.6 Å². The highest BCUT2D eigenvalue weighted by Gasteiger charge is 2.40. The zero-order chi connectivity index (χ0) is 30.8. The maximum Gasteiger partial charge on any atom is 0.164 e. The lowest BCUT2D eigenvalue weighted by Gasteiger charge is -2.24. The molecule has 5 heteroatoms. The van der Waals surface area contributed by atoms with Crippen LogP contribution in [0.1, 0.15) is 25.0 Å². The lowest BCUT2D eigenvalue weighted by Crippen LogP contribution is -2.17. The predicted molar refractivity (Wildman–Crippen MR) is 190 cm³/mol. The van der Waals surface area contributed by atoms with Gasteiger partial charge in [-0.15, -0.1) is 11.3 Å². The Morgan fingerprint density at radius 1 is 0.500 bits per heavy atom. The molecule has 0 radical (unpaired) electrons. The zero-order valence-corrected chi connectivity index (χ0v) is 26.2. The highest BCUT2D eigenvalue weighted by atomic mass is 32.1. The molecule has 0 saturated carbocycles. The van der Waals surface area contributed by atoms with E-state index < -0.39 is 0 Å². The van der Waals surface area contributed by atoms with Crippen LogP contribution in [0, 0.1) is 0 Å².